The predicted molar refractivity (Wildman–Crippen MR) is 128 cm³/mol. The van der Waals surface area contributed by atoms with Crippen LogP contribution in [0.1, 0.15) is 41.6 Å². The van der Waals surface area contributed by atoms with Crippen LogP contribution in [-0.4, -0.2) is 21.1 Å². The molecule has 5 nitrogen and oxygen atoms in total. The van der Waals surface area contributed by atoms with Crippen LogP contribution >= 0.6 is 62.3 Å². The molecule has 1 saturated carbocycles. The molecule has 2 unspecified atom stereocenters. The number of carbonyl (C=O) groups excluding carboxylic acids is 2. The van der Waals surface area contributed by atoms with E-state index >= 15 is 0 Å². The van der Waals surface area contributed by atoms with Gasteiger partial charge in [0.05, 0.1) is 22.6 Å². The van der Waals surface area contributed by atoms with Crippen LogP contribution in [0.25, 0.3) is 0 Å². The summed E-state index contributed by atoms with van der Waals surface area (Å²) in [5, 5.41) is 15.6. The van der Waals surface area contributed by atoms with E-state index in [0.717, 1.165) is 0 Å². The van der Waals surface area contributed by atoms with Crippen LogP contribution in [0.15, 0.2) is 36.4 Å². The van der Waals surface area contributed by atoms with Crippen molar-refractivity contribution >= 4 is 79.8 Å². The molecule has 31 heavy (non-hydrogen) atoms. The average Bonchev–Trinajstić information content (AvgIpc) is 3.41. The highest BCUT2D eigenvalue weighted by atomic mass is 79.9. The minimum absolute atomic E-state index is 0.149. The van der Waals surface area contributed by atoms with Gasteiger partial charge >= 0.3 is 0 Å². The van der Waals surface area contributed by atoms with E-state index in [9.17, 15) is 14.9 Å². The third-order valence-electron chi connectivity index (χ3n) is 4.78. The Labute approximate surface area is 208 Å². The van der Waals surface area contributed by atoms with E-state index in [1.807, 2.05) is 0 Å². The molecule has 2 atom stereocenters. The number of nitrogens with one attached hydrogen (secondary N) is 2. The maximum atomic E-state index is 13.1. The van der Waals surface area contributed by atoms with Crippen LogP contribution in [0.3, 0.4) is 0 Å². The Balaban J connectivity index is 1.87. The lowest BCUT2D eigenvalue weighted by Crippen LogP contribution is -2.36. The van der Waals surface area contributed by atoms with Gasteiger partial charge in [-0.15, -0.1) is 11.6 Å². The number of benzene rings is 2. The van der Waals surface area contributed by atoms with Gasteiger partial charge in [0.1, 0.15) is 9.32 Å². The van der Waals surface area contributed by atoms with E-state index in [2.05, 4.69) is 32.6 Å². The summed E-state index contributed by atoms with van der Waals surface area (Å²) >= 11 is 28.2. The fraction of sp³-hybridized carbons (Fsp3) is 0.286. The van der Waals surface area contributed by atoms with Gasteiger partial charge in [0.25, 0.3) is 5.91 Å². The molecular weight excluding hydrogens is 548 g/mol. The van der Waals surface area contributed by atoms with Gasteiger partial charge in [0, 0.05) is 15.7 Å². The number of hydrogen-bond donors (Lipinski definition) is 2. The molecular formula is C21H16BrCl4N3O2. The van der Waals surface area contributed by atoms with Crippen molar-refractivity contribution in [2.24, 2.45) is 0 Å². The van der Waals surface area contributed by atoms with E-state index in [1.165, 1.54) is 12.1 Å². The SMILES string of the molecule is CC(Cl)(Br)C(C(=O)Nc1ccc(Cl)c(C(=O)NC2(C#N)CC2)c1)c1cc(Cl)cc(Cl)c1. The van der Waals surface area contributed by atoms with Crippen molar-refractivity contribution < 1.29 is 9.59 Å². The average molecular weight is 564 g/mol. The second-order valence-electron chi connectivity index (χ2n) is 7.42. The molecule has 2 amide bonds. The summed E-state index contributed by atoms with van der Waals surface area (Å²) in [7, 11) is 0. The topological polar surface area (TPSA) is 82.0 Å². The minimum atomic E-state index is -1.15. The number of halogens is 5. The first-order valence-corrected chi connectivity index (χ1v) is 11.4. The molecule has 2 N–H and O–H groups in total. The largest absolute Gasteiger partial charge is 0.334 e. The van der Waals surface area contributed by atoms with Crippen molar-refractivity contribution in [3.63, 3.8) is 0 Å². The van der Waals surface area contributed by atoms with Crippen molar-refractivity contribution in [3.8, 4) is 6.07 Å². The highest BCUT2D eigenvalue weighted by Crippen LogP contribution is 2.41. The van der Waals surface area contributed by atoms with E-state index < -0.39 is 27.1 Å². The minimum Gasteiger partial charge on any atom is -0.334 e. The van der Waals surface area contributed by atoms with Gasteiger partial charge in [-0.1, -0.05) is 50.7 Å². The van der Waals surface area contributed by atoms with Crippen LogP contribution in [-0.2, 0) is 4.79 Å². The summed E-state index contributed by atoms with van der Waals surface area (Å²) in [6.45, 7) is 1.63. The second kappa shape index (κ2) is 9.17. The first-order valence-electron chi connectivity index (χ1n) is 9.12. The quantitative estimate of drug-likeness (QED) is 0.393. The maximum absolute atomic E-state index is 13.1. The summed E-state index contributed by atoms with van der Waals surface area (Å²) in [5.41, 5.74) is 0.164. The number of nitrogens with zero attached hydrogens (tertiary/aromatic N) is 1. The smallest absolute Gasteiger partial charge is 0.254 e. The molecule has 2 aromatic rings. The van der Waals surface area contributed by atoms with Crippen molar-refractivity contribution in [3.05, 3.63) is 62.6 Å². The van der Waals surface area contributed by atoms with Crippen molar-refractivity contribution in [1.29, 1.82) is 5.26 Å². The molecule has 0 aromatic heterocycles. The fourth-order valence-corrected chi connectivity index (χ4v) is 4.53. The van der Waals surface area contributed by atoms with Gasteiger partial charge in [0.2, 0.25) is 5.91 Å². The Morgan fingerprint density at radius 2 is 1.77 bits per heavy atom. The number of hydrogen-bond acceptors (Lipinski definition) is 3. The third-order valence-corrected chi connectivity index (χ3v) is 6.22. The maximum Gasteiger partial charge on any atom is 0.254 e. The van der Waals surface area contributed by atoms with Gasteiger partial charge in [-0.2, -0.15) is 5.26 Å². The monoisotopic (exact) mass is 561 g/mol. The molecule has 10 heteroatoms. The summed E-state index contributed by atoms with van der Waals surface area (Å²) in [5.74, 6) is -1.80. The lowest BCUT2D eigenvalue weighted by atomic mass is 9.94. The van der Waals surface area contributed by atoms with E-state index in [1.54, 1.807) is 31.2 Å². The second-order valence-corrected chi connectivity index (χ2v) is 11.6. The Morgan fingerprint density at radius 3 is 2.29 bits per heavy atom. The number of alkyl halides is 2. The van der Waals surface area contributed by atoms with E-state index in [4.69, 9.17) is 46.4 Å². The van der Waals surface area contributed by atoms with Gasteiger partial charge in [-0.25, -0.2) is 0 Å². The summed E-state index contributed by atoms with van der Waals surface area (Å²) in [6.07, 6.45) is 1.18. The van der Waals surface area contributed by atoms with Gasteiger partial charge in [-0.05, 0) is 61.7 Å². The Bertz CT molecular complexity index is 1070. The van der Waals surface area contributed by atoms with Gasteiger partial charge in [0.15, 0.2) is 0 Å². The molecule has 162 valence electrons. The van der Waals surface area contributed by atoms with Crippen LogP contribution in [0, 0.1) is 11.3 Å². The highest BCUT2D eigenvalue weighted by Gasteiger charge is 2.45. The normalized spacial score (nSPS) is 17.1. The van der Waals surface area contributed by atoms with Crippen LogP contribution < -0.4 is 10.6 Å². The van der Waals surface area contributed by atoms with Crippen molar-refractivity contribution in [1.82, 2.24) is 5.32 Å². The molecule has 1 aliphatic rings. The molecule has 0 bridgehead atoms. The molecule has 2 aromatic carbocycles. The zero-order valence-electron chi connectivity index (χ0n) is 16.1. The Morgan fingerprint density at radius 1 is 1.16 bits per heavy atom. The molecule has 0 saturated heterocycles. The number of nitriles is 1. The summed E-state index contributed by atoms with van der Waals surface area (Å²) in [6, 6.07) is 11.4. The summed E-state index contributed by atoms with van der Waals surface area (Å²) < 4.78 is -1.15. The molecule has 0 heterocycles. The number of anilines is 1. The lowest BCUT2D eigenvalue weighted by molar-refractivity contribution is -0.117. The van der Waals surface area contributed by atoms with Gasteiger partial charge in [-0.3, -0.25) is 9.59 Å². The summed E-state index contributed by atoms with van der Waals surface area (Å²) in [4.78, 5) is 25.7. The van der Waals surface area contributed by atoms with Crippen LogP contribution in [0.4, 0.5) is 5.69 Å². The molecule has 1 fully saturated rings. The van der Waals surface area contributed by atoms with E-state index in [0.29, 0.717) is 34.1 Å². The molecule has 3 rings (SSSR count). The van der Waals surface area contributed by atoms with Crippen molar-refractivity contribution in [2.45, 2.75) is 35.0 Å². The Hall–Kier alpha value is -1.49. The molecule has 0 spiro atoms. The van der Waals surface area contributed by atoms with Crippen LogP contribution in [0.2, 0.25) is 15.1 Å². The number of amides is 2. The third kappa shape index (κ3) is 5.85. The van der Waals surface area contributed by atoms with Crippen molar-refractivity contribution in [2.75, 3.05) is 5.32 Å². The fourth-order valence-electron chi connectivity index (χ4n) is 3.08. The first-order chi connectivity index (χ1) is 14.4. The first kappa shape index (κ1) is 24.2. The predicted octanol–water partition coefficient (Wildman–Crippen LogP) is 6.50. The molecule has 1 aliphatic carbocycles. The molecule has 0 radical (unpaired) electrons. The van der Waals surface area contributed by atoms with Gasteiger partial charge < -0.3 is 10.6 Å². The number of rotatable bonds is 6. The zero-order valence-corrected chi connectivity index (χ0v) is 20.7. The van der Waals surface area contributed by atoms with E-state index in [-0.39, 0.29) is 10.6 Å². The standard InChI is InChI=1S/C21H16BrCl4N3O2/c1-20(22,26)17(11-6-12(23)8-13(24)7-11)19(31)28-14-2-3-16(25)15(9-14)18(30)29-21(10-27)4-5-21/h2-3,6-9,17H,4-5H2,1H3,(H,28,31)(H,29,30). The zero-order chi connectivity index (χ0) is 23.0. The number of carbonyl (C=O) groups is 2. The molecule has 0 aliphatic heterocycles. The lowest BCUT2D eigenvalue weighted by Gasteiger charge is -2.26. The highest BCUT2D eigenvalue weighted by molar-refractivity contribution is 9.10. The Kier molecular flexibility index (Phi) is 7.15. The van der Waals surface area contributed by atoms with Crippen LogP contribution in [0.5, 0.6) is 0 Å².